The van der Waals surface area contributed by atoms with Crippen molar-refractivity contribution in [2.75, 3.05) is 19.0 Å². The molecule has 110 valence electrons. The van der Waals surface area contributed by atoms with Crippen LogP contribution in [-0.2, 0) is 0 Å². The van der Waals surface area contributed by atoms with Crippen molar-refractivity contribution in [1.29, 1.82) is 0 Å². The van der Waals surface area contributed by atoms with E-state index in [1.807, 2.05) is 38.4 Å². The van der Waals surface area contributed by atoms with Crippen molar-refractivity contribution in [1.82, 2.24) is 0 Å². The van der Waals surface area contributed by atoms with E-state index in [1.54, 1.807) is 0 Å². The topological polar surface area (TPSA) is 23.5 Å². The maximum Gasteiger partial charge on any atom is 0.104 e. The second-order valence-corrected chi connectivity index (χ2v) is 6.18. The molecule has 1 saturated carbocycles. The summed E-state index contributed by atoms with van der Waals surface area (Å²) in [6.07, 6.45) is 3.44. The normalized spacial score (nSPS) is 16.3. The third-order valence-electron chi connectivity index (χ3n) is 4.55. The molecule has 2 aromatic carbocycles. The molecule has 0 heterocycles. The van der Waals surface area contributed by atoms with Crippen molar-refractivity contribution < 1.29 is 5.11 Å². The van der Waals surface area contributed by atoms with Gasteiger partial charge in [-0.05, 0) is 47.6 Å². The first kappa shape index (κ1) is 14.2. The standard InChI is InChI=1S/C19H23NO/c1-20(2)18-12-10-17(11-13-18)19(21)16-8-6-15(7-9-16)14-4-3-5-14/h6-14,19,21H,3-5H2,1-2H3. The summed E-state index contributed by atoms with van der Waals surface area (Å²) in [7, 11) is 4.04. The quantitative estimate of drug-likeness (QED) is 0.912. The monoisotopic (exact) mass is 281 g/mol. The van der Waals surface area contributed by atoms with Gasteiger partial charge in [0, 0.05) is 19.8 Å². The van der Waals surface area contributed by atoms with Gasteiger partial charge in [-0.2, -0.15) is 0 Å². The van der Waals surface area contributed by atoms with Crippen LogP contribution in [0.3, 0.4) is 0 Å². The molecule has 2 aromatic rings. The van der Waals surface area contributed by atoms with Gasteiger partial charge in [-0.3, -0.25) is 0 Å². The minimum atomic E-state index is -0.545. The molecule has 0 aromatic heterocycles. The molecular weight excluding hydrogens is 258 g/mol. The Morgan fingerprint density at radius 2 is 1.43 bits per heavy atom. The lowest BCUT2D eigenvalue weighted by Gasteiger charge is -2.26. The van der Waals surface area contributed by atoms with Crippen LogP contribution in [0.2, 0.25) is 0 Å². The van der Waals surface area contributed by atoms with Gasteiger partial charge in [-0.1, -0.05) is 42.8 Å². The van der Waals surface area contributed by atoms with Crippen LogP contribution in [0.5, 0.6) is 0 Å². The Bertz CT molecular complexity index is 582. The maximum absolute atomic E-state index is 10.5. The van der Waals surface area contributed by atoms with Crippen molar-refractivity contribution in [3.8, 4) is 0 Å². The highest BCUT2D eigenvalue weighted by Crippen LogP contribution is 2.36. The van der Waals surface area contributed by atoms with Crippen LogP contribution in [0.25, 0.3) is 0 Å². The number of hydrogen-bond acceptors (Lipinski definition) is 2. The molecule has 1 atom stereocenters. The third-order valence-corrected chi connectivity index (χ3v) is 4.55. The molecule has 0 bridgehead atoms. The summed E-state index contributed by atoms with van der Waals surface area (Å²) in [5, 5.41) is 10.5. The van der Waals surface area contributed by atoms with Crippen LogP contribution in [0.1, 0.15) is 48.0 Å². The zero-order valence-corrected chi connectivity index (χ0v) is 12.8. The predicted octanol–water partition coefficient (Wildman–Crippen LogP) is 4.10. The summed E-state index contributed by atoms with van der Waals surface area (Å²) in [5.74, 6) is 0.746. The van der Waals surface area contributed by atoms with Gasteiger partial charge in [0.1, 0.15) is 6.10 Å². The molecule has 1 fully saturated rings. The molecule has 1 aliphatic rings. The molecule has 1 N–H and O–H groups in total. The van der Waals surface area contributed by atoms with Crippen LogP contribution in [0.15, 0.2) is 48.5 Å². The molecule has 2 nitrogen and oxygen atoms in total. The molecule has 0 saturated heterocycles. The van der Waals surface area contributed by atoms with E-state index in [1.165, 1.54) is 24.8 Å². The summed E-state index contributed by atoms with van der Waals surface area (Å²) in [5.41, 5.74) is 4.47. The summed E-state index contributed by atoms with van der Waals surface area (Å²) in [4.78, 5) is 2.06. The fourth-order valence-electron chi connectivity index (χ4n) is 2.84. The first-order valence-electron chi connectivity index (χ1n) is 7.70. The Hall–Kier alpha value is -1.80. The summed E-state index contributed by atoms with van der Waals surface area (Å²) in [6, 6.07) is 16.6. The second-order valence-electron chi connectivity index (χ2n) is 6.18. The SMILES string of the molecule is CN(C)c1ccc(C(O)c2ccc(C3CCC3)cc2)cc1. The van der Waals surface area contributed by atoms with Gasteiger partial charge < -0.3 is 10.0 Å². The first-order chi connectivity index (χ1) is 10.1. The minimum absolute atomic E-state index is 0.545. The number of anilines is 1. The molecule has 2 heteroatoms. The number of aliphatic hydroxyl groups is 1. The van der Waals surface area contributed by atoms with E-state index in [0.29, 0.717) is 0 Å². The highest BCUT2D eigenvalue weighted by Gasteiger charge is 2.19. The van der Waals surface area contributed by atoms with Crippen molar-refractivity contribution in [2.45, 2.75) is 31.3 Å². The fraction of sp³-hybridized carbons (Fsp3) is 0.368. The molecule has 3 rings (SSSR count). The summed E-state index contributed by atoms with van der Waals surface area (Å²) >= 11 is 0. The molecule has 0 radical (unpaired) electrons. The predicted molar refractivity (Wildman–Crippen MR) is 87.9 cm³/mol. The van der Waals surface area contributed by atoms with Crippen molar-refractivity contribution in [3.63, 3.8) is 0 Å². The van der Waals surface area contributed by atoms with Crippen molar-refractivity contribution in [3.05, 3.63) is 65.2 Å². The Morgan fingerprint density at radius 3 is 1.86 bits per heavy atom. The Balaban J connectivity index is 1.75. The van der Waals surface area contributed by atoms with Gasteiger partial charge in [-0.15, -0.1) is 0 Å². The van der Waals surface area contributed by atoms with E-state index >= 15 is 0 Å². The highest BCUT2D eigenvalue weighted by atomic mass is 16.3. The lowest BCUT2D eigenvalue weighted by atomic mass is 9.80. The fourth-order valence-corrected chi connectivity index (χ4v) is 2.84. The lowest BCUT2D eigenvalue weighted by Crippen LogP contribution is -2.09. The number of aliphatic hydroxyl groups excluding tert-OH is 1. The molecule has 1 aliphatic carbocycles. The van der Waals surface area contributed by atoms with Crippen molar-refractivity contribution in [2.24, 2.45) is 0 Å². The average molecular weight is 281 g/mol. The molecule has 1 unspecified atom stereocenters. The number of benzene rings is 2. The Morgan fingerprint density at radius 1 is 0.905 bits per heavy atom. The van der Waals surface area contributed by atoms with Crippen LogP contribution >= 0.6 is 0 Å². The first-order valence-corrected chi connectivity index (χ1v) is 7.70. The van der Waals surface area contributed by atoms with E-state index in [-0.39, 0.29) is 0 Å². The third kappa shape index (κ3) is 2.96. The molecule has 0 aliphatic heterocycles. The van der Waals surface area contributed by atoms with E-state index in [9.17, 15) is 5.11 Å². The van der Waals surface area contributed by atoms with Gasteiger partial charge in [0.15, 0.2) is 0 Å². The lowest BCUT2D eigenvalue weighted by molar-refractivity contribution is 0.220. The van der Waals surface area contributed by atoms with Crippen LogP contribution in [0, 0.1) is 0 Å². The molecular formula is C19H23NO. The average Bonchev–Trinajstić information content (AvgIpc) is 2.46. The zero-order valence-electron chi connectivity index (χ0n) is 12.8. The van der Waals surface area contributed by atoms with E-state index in [0.717, 1.165) is 22.7 Å². The second kappa shape index (κ2) is 5.90. The van der Waals surface area contributed by atoms with Gasteiger partial charge in [0.05, 0.1) is 0 Å². The summed E-state index contributed by atoms with van der Waals surface area (Å²) < 4.78 is 0. The minimum Gasteiger partial charge on any atom is -0.384 e. The largest absolute Gasteiger partial charge is 0.384 e. The van der Waals surface area contributed by atoms with E-state index < -0.39 is 6.10 Å². The van der Waals surface area contributed by atoms with E-state index in [4.69, 9.17) is 0 Å². The Labute approximate surface area is 127 Å². The zero-order chi connectivity index (χ0) is 14.8. The van der Waals surface area contributed by atoms with Gasteiger partial charge in [0.2, 0.25) is 0 Å². The highest BCUT2D eigenvalue weighted by molar-refractivity contribution is 5.47. The molecule has 0 spiro atoms. The molecule has 0 amide bonds. The number of nitrogens with zero attached hydrogens (tertiary/aromatic N) is 1. The van der Waals surface area contributed by atoms with Crippen LogP contribution < -0.4 is 4.90 Å². The van der Waals surface area contributed by atoms with Gasteiger partial charge in [-0.25, -0.2) is 0 Å². The molecule has 21 heavy (non-hydrogen) atoms. The summed E-state index contributed by atoms with van der Waals surface area (Å²) in [6.45, 7) is 0. The number of hydrogen-bond donors (Lipinski definition) is 1. The van der Waals surface area contributed by atoms with Crippen LogP contribution in [0.4, 0.5) is 5.69 Å². The van der Waals surface area contributed by atoms with Crippen LogP contribution in [-0.4, -0.2) is 19.2 Å². The van der Waals surface area contributed by atoms with Gasteiger partial charge >= 0.3 is 0 Å². The maximum atomic E-state index is 10.5. The number of rotatable bonds is 4. The van der Waals surface area contributed by atoms with Gasteiger partial charge in [0.25, 0.3) is 0 Å². The Kier molecular flexibility index (Phi) is 3.98. The smallest absolute Gasteiger partial charge is 0.104 e. The van der Waals surface area contributed by atoms with E-state index in [2.05, 4.69) is 29.2 Å². The van der Waals surface area contributed by atoms with Crippen molar-refractivity contribution >= 4 is 5.69 Å².